The number of methoxy groups -OCH3 is 1. The predicted molar refractivity (Wildman–Crippen MR) is 98.3 cm³/mol. The van der Waals surface area contributed by atoms with E-state index in [1.54, 1.807) is 25.5 Å². The molecule has 0 N–H and O–H groups in total. The van der Waals surface area contributed by atoms with Crippen LogP contribution in [0.3, 0.4) is 0 Å². The van der Waals surface area contributed by atoms with Gasteiger partial charge in [0.25, 0.3) is 11.8 Å². The van der Waals surface area contributed by atoms with Crippen LogP contribution in [-0.4, -0.2) is 36.8 Å². The second-order valence-corrected chi connectivity index (χ2v) is 7.73. The van der Waals surface area contributed by atoms with Gasteiger partial charge in [-0.1, -0.05) is 12.2 Å². The van der Waals surface area contributed by atoms with Crippen molar-refractivity contribution in [3.63, 3.8) is 0 Å². The molecule has 0 radical (unpaired) electrons. The molecule has 6 heteroatoms. The van der Waals surface area contributed by atoms with E-state index < -0.39 is 0 Å². The van der Waals surface area contributed by atoms with Gasteiger partial charge >= 0.3 is 0 Å². The van der Waals surface area contributed by atoms with Gasteiger partial charge in [-0.2, -0.15) is 10.1 Å². The molecular weight excluding hydrogens is 344 g/mol. The molecule has 27 heavy (non-hydrogen) atoms. The highest BCUT2D eigenvalue weighted by Crippen LogP contribution is 2.65. The molecule has 1 aromatic rings. The lowest BCUT2D eigenvalue weighted by molar-refractivity contribution is -0.140. The molecule has 6 nitrogen and oxygen atoms in total. The van der Waals surface area contributed by atoms with E-state index in [1.807, 2.05) is 13.0 Å². The third-order valence-electron chi connectivity index (χ3n) is 6.45. The molecule has 1 aliphatic heterocycles. The van der Waals surface area contributed by atoms with Crippen molar-refractivity contribution < 1.29 is 19.1 Å². The van der Waals surface area contributed by atoms with E-state index in [2.05, 4.69) is 17.3 Å². The van der Waals surface area contributed by atoms with Crippen LogP contribution in [0.25, 0.3) is 0 Å². The zero-order valence-corrected chi connectivity index (χ0v) is 15.4. The third kappa shape index (κ3) is 2.35. The first kappa shape index (κ1) is 16.5. The number of nitrogens with zero attached hydrogens (tertiary/aromatic N) is 2. The van der Waals surface area contributed by atoms with Crippen molar-refractivity contribution >= 4 is 18.0 Å². The SMILES string of the molecule is CCOc1ccc(/C=N\N2C(=O)[C@@H]3[C@H]4C=C[C@@H]([C@@H]5C[C@H]45)[C@H]3C2=O)cc1OC. The summed E-state index contributed by atoms with van der Waals surface area (Å²) < 4.78 is 10.8. The number of carbonyl (C=O) groups excluding carboxylic acids is 2. The van der Waals surface area contributed by atoms with Crippen LogP contribution in [0.4, 0.5) is 0 Å². The molecule has 2 amide bonds. The summed E-state index contributed by atoms with van der Waals surface area (Å²) in [6, 6.07) is 5.41. The maximum absolute atomic E-state index is 12.9. The number of imide groups is 1. The highest BCUT2D eigenvalue weighted by molar-refractivity contribution is 6.06. The molecule has 1 aromatic carbocycles. The Labute approximate surface area is 157 Å². The van der Waals surface area contributed by atoms with Crippen LogP contribution < -0.4 is 9.47 Å². The Hall–Kier alpha value is -2.63. The van der Waals surface area contributed by atoms with Crippen LogP contribution in [0.1, 0.15) is 18.9 Å². The van der Waals surface area contributed by atoms with Gasteiger partial charge in [-0.05, 0) is 60.8 Å². The Kier molecular flexibility index (Phi) is 3.64. The lowest BCUT2D eigenvalue weighted by Crippen LogP contribution is -2.40. The molecule has 140 valence electrons. The van der Waals surface area contributed by atoms with Gasteiger partial charge in [-0.15, -0.1) is 0 Å². The minimum atomic E-state index is -0.219. The van der Waals surface area contributed by atoms with Gasteiger partial charge in [0.2, 0.25) is 0 Å². The summed E-state index contributed by atoms with van der Waals surface area (Å²) in [6.45, 7) is 2.45. The van der Waals surface area contributed by atoms with Gasteiger partial charge in [0.15, 0.2) is 11.5 Å². The topological polar surface area (TPSA) is 68.2 Å². The van der Waals surface area contributed by atoms with Crippen molar-refractivity contribution in [2.45, 2.75) is 13.3 Å². The van der Waals surface area contributed by atoms with Crippen LogP contribution in [-0.2, 0) is 9.59 Å². The first-order valence-electron chi connectivity index (χ1n) is 9.55. The first-order valence-corrected chi connectivity index (χ1v) is 9.55. The lowest BCUT2D eigenvalue weighted by atomic mass is 9.63. The van der Waals surface area contributed by atoms with E-state index in [1.165, 1.54) is 0 Å². The summed E-state index contributed by atoms with van der Waals surface area (Å²) in [5, 5.41) is 5.35. The normalized spacial score (nSPS) is 35.6. The van der Waals surface area contributed by atoms with Crippen molar-refractivity contribution in [3.8, 4) is 11.5 Å². The number of rotatable bonds is 5. The summed E-state index contributed by atoms with van der Waals surface area (Å²) in [4.78, 5) is 25.8. The Morgan fingerprint density at radius 2 is 1.78 bits per heavy atom. The molecule has 1 heterocycles. The van der Waals surface area contributed by atoms with E-state index in [0.29, 0.717) is 29.9 Å². The van der Waals surface area contributed by atoms with E-state index in [4.69, 9.17) is 9.47 Å². The molecule has 4 aliphatic carbocycles. The third-order valence-corrected chi connectivity index (χ3v) is 6.45. The van der Waals surface area contributed by atoms with Crippen molar-refractivity contribution in [1.82, 2.24) is 5.01 Å². The van der Waals surface area contributed by atoms with E-state index >= 15 is 0 Å². The summed E-state index contributed by atoms with van der Waals surface area (Å²) in [5.74, 6) is 2.13. The monoisotopic (exact) mass is 366 g/mol. The number of hydrazone groups is 1. The molecule has 5 aliphatic rings. The molecule has 2 bridgehead atoms. The Morgan fingerprint density at radius 1 is 1.11 bits per heavy atom. The summed E-state index contributed by atoms with van der Waals surface area (Å²) in [5.41, 5.74) is 0.745. The summed E-state index contributed by atoms with van der Waals surface area (Å²) in [7, 11) is 1.57. The Balaban J connectivity index is 1.39. The van der Waals surface area contributed by atoms with Crippen LogP contribution in [0.5, 0.6) is 11.5 Å². The molecule has 3 fully saturated rings. The molecule has 1 saturated heterocycles. The van der Waals surface area contributed by atoms with Crippen molar-refractivity contribution in [2.24, 2.45) is 40.6 Å². The molecule has 2 saturated carbocycles. The minimum absolute atomic E-state index is 0.149. The second kappa shape index (κ2) is 5.94. The molecule has 0 spiro atoms. The fraction of sp³-hybridized carbons (Fsp3) is 0.476. The molecule has 0 unspecified atom stereocenters. The van der Waals surface area contributed by atoms with Gasteiger partial charge in [-0.3, -0.25) is 9.59 Å². The average Bonchev–Trinajstić information content (AvgIpc) is 3.46. The van der Waals surface area contributed by atoms with E-state index in [-0.39, 0.29) is 35.5 Å². The highest BCUT2D eigenvalue weighted by Gasteiger charge is 2.67. The van der Waals surface area contributed by atoms with E-state index in [9.17, 15) is 9.59 Å². The van der Waals surface area contributed by atoms with E-state index in [0.717, 1.165) is 17.0 Å². The zero-order chi connectivity index (χ0) is 18.7. The first-order chi connectivity index (χ1) is 13.1. The number of amides is 2. The number of hydrogen-bond acceptors (Lipinski definition) is 5. The number of ether oxygens (including phenoxy) is 2. The van der Waals surface area contributed by atoms with Crippen LogP contribution in [0, 0.1) is 35.5 Å². The Bertz CT molecular complexity index is 841. The van der Waals surface area contributed by atoms with Gasteiger partial charge < -0.3 is 9.47 Å². The van der Waals surface area contributed by atoms with Crippen molar-refractivity contribution in [2.75, 3.05) is 13.7 Å². The number of benzene rings is 1. The number of carbonyl (C=O) groups is 2. The summed E-state index contributed by atoms with van der Waals surface area (Å²) >= 11 is 0. The van der Waals surface area contributed by atoms with Crippen LogP contribution in [0.2, 0.25) is 0 Å². The van der Waals surface area contributed by atoms with Crippen LogP contribution in [0.15, 0.2) is 35.5 Å². The largest absolute Gasteiger partial charge is 0.493 e. The minimum Gasteiger partial charge on any atom is -0.493 e. The van der Waals surface area contributed by atoms with Crippen molar-refractivity contribution in [3.05, 3.63) is 35.9 Å². The quantitative estimate of drug-likeness (QED) is 0.456. The molecule has 6 atom stereocenters. The molecule has 6 rings (SSSR count). The zero-order valence-electron chi connectivity index (χ0n) is 15.4. The predicted octanol–water partition coefficient (Wildman–Crippen LogP) is 2.48. The van der Waals surface area contributed by atoms with Crippen molar-refractivity contribution in [1.29, 1.82) is 0 Å². The fourth-order valence-corrected chi connectivity index (χ4v) is 5.22. The average molecular weight is 366 g/mol. The lowest BCUT2D eigenvalue weighted by Gasteiger charge is -2.37. The maximum atomic E-state index is 12.9. The smallest absolute Gasteiger partial charge is 0.254 e. The van der Waals surface area contributed by atoms with Gasteiger partial charge in [0, 0.05) is 0 Å². The highest BCUT2D eigenvalue weighted by atomic mass is 16.5. The Morgan fingerprint density at radius 3 is 2.37 bits per heavy atom. The van der Waals surface area contributed by atoms with Gasteiger partial charge in [0.05, 0.1) is 31.8 Å². The maximum Gasteiger partial charge on any atom is 0.254 e. The standard InChI is InChI=1S/C21H22N2O4/c1-3-27-16-7-4-11(8-17(16)26-2)10-22-23-20(24)18-12-5-6-13(15-9-14(12)15)19(18)21(23)25/h4-8,10,12-15,18-19H,3,9H2,1-2H3/b22-10-/t12-,13-,14-,15+,18+,19+/m0/s1. The number of hydrogen-bond donors (Lipinski definition) is 0. The second-order valence-electron chi connectivity index (χ2n) is 7.73. The fourth-order valence-electron chi connectivity index (χ4n) is 5.22. The molecule has 0 aromatic heterocycles. The van der Waals surface area contributed by atoms with Gasteiger partial charge in [-0.25, -0.2) is 0 Å². The number of allylic oxidation sites excluding steroid dienone is 2. The molecular formula is C21H22N2O4. The van der Waals surface area contributed by atoms with Gasteiger partial charge in [0.1, 0.15) is 0 Å². The summed E-state index contributed by atoms with van der Waals surface area (Å²) in [6.07, 6.45) is 7.03. The van der Waals surface area contributed by atoms with Crippen LogP contribution >= 0.6 is 0 Å².